The Morgan fingerprint density at radius 1 is 1.32 bits per heavy atom. The van der Waals surface area contributed by atoms with Crippen LogP contribution in [0, 0.1) is 6.92 Å². The van der Waals surface area contributed by atoms with E-state index in [0.29, 0.717) is 22.3 Å². The van der Waals surface area contributed by atoms with Crippen molar-refractivity contribution in [1.82, 2.24) is 9.66 Å². The summed E-state index contributed by atoms with van der Waals surface area (Å²) in [7, 11) is 1.43. The first-order valence-corrected chi connectivity index (χ1v) is 9.26. The summed E-state index contributed by atoms with van der Waals surface area (Å²) in [6.45, 7) is 2.96. The number of benzene rings is 2. The van der Waals surface area contributed by atoms with Crippen LogP contribution in [0.15, 0.2) is 44.7 Å². The highest BCUT2D eigenvalue weighted by Crippen LogP contribution is 2.36. The third kappa shape index (κ3) is 4.07. The Kier molecular flexibility index (Phi) is 5.81. The van der Waals surface area contributed by atoms with Crippen molar-refractivity contribution in [3.8, 4) is 11.5 Å². The zero-order valence-corrected chi connectivity index (χ0v) is 17.5. The van der Waals surface area contributed by atoms with Crippen LogP contribution in [0.5, 0.6) is 11.5 Å². The largest absolute Gasteiger partial charge is 0.493 e. The van der Waals surface area contributed by atoms with Crippen molar-refractivity contribution in [2.24, 2.45) is 5.10 Å². The van der Waals surface area contributed by atoms with Gasteiger partial charge >= 0.3 is 5.97 Å². The minimum absolute atomic E-state index is 0.124. The lowest BCUT2D eigenvalue weighted by Crippen LogP contribution is -2.20. The Balaban J connectivity index is 2.06. The fraction of sp³-hybridized carbons (Fsp3) is 0.158. The first-order chi connectivity index (χ1) is 13.3. The number of ether oxygens (including phenoxy) is 2. The standard InChI is InChI=1S/C19H15BrClN3O4/c1-10-23-16-5-4-13(20)8-14(16)19(26)24(10)22-9-12-6-15(21)18(28-11(2)25)17(7-12)27-3/h4-9H,1-3H3. The van der Waals surface area contributed by atoms with Crippen LogP contribution in [0.4, 0.5) is 0 Å². The van der Waals surface area contributed by atoms with Crippen LogP contribution in [-0.2, 0) is 4.79 Å². The number of aryl methyl sites for hydroxylation is 1. The zero-order valence-electron chi connectivity index (χ0n) is 15.2. The van der Waals surface area contributed by atoms with Crippen LogP contribution in [0.2, 0.25) is 5.02 Å². The Hall–Kier alpha value is -2.71. The number of esters is 1. The minimum atomic E-state index is -0.516. The van der Waals surface area contributed by atoms with Gasteiger partial charge in [0.05, 0.1) is 29.2 Å². The second-order valence-electron chi connectivity index (χ2n) is 5.81. The van der Waals surface area contributed by atoms with E-state index in [4.69, 9.17) is 21.1 Å². The first kappa shape index (κ1) is 20.0. The molecule has 7 nitrogen and oxygen atoms in total. The van der Waals surface area contributed by atoms with Crippen LogP contribution in [0.1, 0.15) is 18.3 Å². The highest BCUT2D eigenvalue weighted by atomic mass is 79.9. The van der Waals surface area contributed by atoms with Gasteiger partial charge in [0.15, 0.2) is 11.5 Å². The number of carbonyl (C=O) groups excluding carboxylic acids is 1. The van der Waals surface area contributed by atoms with Gasteiger partial charge in [-0.05, 0) is 42.8 Å². The van der Waals surface area contributed by atoms with Crippen LogP contribution in [-0.4, -0.2) is 29.0 Å². The third-order valence-corrected chi connectivity index (χ3v) is 4.56. The van der Waals surface area contributed by atoms with E-state index in [9.17, 15) is 9.59 Å². The quantitative estimate of drug-likeness (QED) is 0.332. The number of halogens is 2. The molecule has 0 N–H and O–H groups in total. The molecule has 3 rings (SSSR count). The number of fused-ring (bicyclic) bond motifs is 1. The van der Waals surface area contributed by atoms with E-state index >= 15 is 0 Å². The van der Waals surface area contributed by atoms with Crippen LogP contribution in [0.3, 0.4) is 0 Å². The van der Waals surface area contributed by atoms with Gasteiger partial charge in [-0.1, -0.05) is 27.5 Å². The topological polar surface area (TPSA) is 82.8 Å². The summed E-state index contributed by atoms with van der Waals surface area (Å²) in [4.78, 5) is 28.4. The molecule has 0 saturated carbocycles. The molecule has 28 heavy (non-hydrogen) atoms. The highest BCUT2D eigenvalue weighted by Gasteiger charge is 2.14. The van der Waals surface area contributed by atoms with Crippen molar-refractivity contribution in [2.45, 2.75) is 13.8 Å². The second kappa shape index (κ2) is 8.12. The van der Waals surface area contributed by atoms with Crippen LogP contribution >= 0.6 is 27.5 Å². The lowest BCUT2D eigenvalue weighted by Gasteiger charge is -2.11. The Labute approximate surface area is 173 Å². The maximum absolute atomic E-state index is 12.8. The van der Waals surface area contributed by atoms with Crippen molar-refractivity contribution in [2.75, 3.05) is 7.11 Å². The average Bonchev–Trinajstić information content (AvgIpc) is 2.64. The van der Waals surface area contributed by atoms with Gasteiger partial charge in [0.1, 0.15) is 5.82 Å². The molecule has 0 aliphatic rings. The molecule has 0 atom stereocenters. The van der Waals surface area contributed by atoms with E-state index in [-0.39, 0.29) is 22.1 Å². The van der Waals surface area contributed by atoms with E-state index in [1.54, 1.807) is 31.2 Å². The maximum atomic E-state index is 12.8. The average molecular weight is 465 g/mol. The SMILES string of the molecule is COc1cc(C=Nn2c(C)nc3ccc(Br)cc3c2=O)cc(Cl)c1OC(C)=O. The van der Waals surface area contributed by atoms with Crippen molar-refractivity contribution in [1.29, 1.82) is 0 Å². The predicted molar refractivity (Wildman–Crippen MR) is 111 cm³/mol. The van der Waals surface area contributed by atoms with Crippen molar-refractivity contribution in [3.63, 3.8) is 0 Å². The summed E-state index contributed by atoms with van der Waals surface area (Å²) in [5, 5.41) is 4.87. The van der Waals surface area contributed by atoms with Gasteiger partial charge in [-0.3, -0.25) is 9.59 Å². The third-order valence-electron chi connectivity index (χ3n) is 3.79. The van der Waals surface area contributed by atoms with E-state index in [2.05, 4.69) is 26.0 Å². The molecule has 0 saturated heterocycles. The Morgan fingerprint density at radius 3 is 2.75 bits per heavy atom. The number of carbonyl (C=O) groups is 1. The monoisotopic (exact) mass is 463 g/mol. The molecule has 3 aromatic rings. The summed E-state index contributed by atoms with van der Waals surface area (Å²) in [6, 6.07) is 8.43. The molecule has 0 unspecified atom stereocenters. The number of rotatable bonds is 4. The minimum Gasteiger partial charge on any atom is -0.493 e. The normalized spacial score (nSPS) is 11.2. The molecule has 0 radical (unpaired) electrons. The molecule has 1 aromatic heterocycles. The van der Waals surface area contributed by atoms with Crippen molar-refractivity contribution >= 4 is 50.6 Å². The fourth-order valence-corrected chi connectivity index (χ4v) is 3.20. The molecule has 144 valence electrons. The lowest BCUT2D eigenvalue weighted by atomic mass is 10.2. The summed E-state index contributed by atoms with van der Waals surface area (Å²) in [6.07, 6.45) is 1.45. The number of methoxy groups -OCH3 is 1. The van der Waals surface area contributed by atoms with E-state index in [1.165, 1.54) is 24.9 Å². The molecule has 1 heterocycles. The number of nitrogens with zero attached hydrogens (tertiary/aromatic N) is 3. The molecule has 0 bridgehead atoms. The van der Waals surface area contributed by atoms with Gasteiger partial charge in [0.2, 0.25) is 0 Å². The predicted octanol–water partition coefficient (Wildman–Crippen LogP) is 3.94. The lowest BCUT2D eigenvalue weighted by molar-refractivity contribution is -0.132. The van der Waals surface area contributed by atoms with Crippen molar-refractivity contribution in [3.05, 3.63) is 61.6 Å². The molecule has 0 amide bonds. The molecule has 0 aliphatic heterocycles. The van der Waals surface area contributed by atoms with E-state index in [0.717, 1.165) is 4.47 Å². The van der Waals surface area contributed by atoms with Crippen LogP contribution in [0.25, 0.3) is 10.9 Å². The fourth-order valence-electron chi connectivity index (χ4n) is 2.58. The van der Waals surface area contributed by atoms with Gasteiger partial charge in [0, 0.05) is 11.4 Å². The van der Waals surface area contributed by atoms with Crippen molar-refractivity contribution < 1.29 is 14.3 Å². The number of hydrogen-bond donors (Lipinski definition) is 0. The van der Waals surface area contributed by atoms with Gasteiger partial charge in [-0.2, -0.15) is 9.78 Å². The second-order valence-corrected chi connectivity index (χ2v) is 7.13. The maximum Gasteiger partial charge on any atom is 0.308 e. The molecule has 0 spiro atoms. The molecule has 2 aromatic carbocycles. The molecule has 9 heteroatoms. The molecular weight excluding hydrogens is 450 g/mol. The summed E-state index contributed by atoms with van der Waals surface area (Å²) < 4.78 is 12.3. The first-order valence-electron chi connectivity index (χ1n) is 8.09. The number of aromatic nitrogens is 2. The highest BCUT2D eigenvalue weighted by molar-refractivity contribution is 9.10. The number of hydrogen-bond acceptors (Lipinski definition) is 6. The Morgan fingerprint density at radius 2 is 2.07 bits per heavy atom. The van der Waals surface area contributed by atoms with E-state index in [1.807, 2.05) is 6.07 Å². The summed E-state index contributed by atoms with van der Waals surface area (Å²) >= 11 is 9.55. The summed E-state index contributed by atoms with van der Waals surface area (Å²) in [5.74, 6) is 0.316. The smallest absolute Gasteiger partial charge is 0.308 e. The van der Waals surface area contributed by atoms with Gasteiger partial charge in [0.25, 0.3) is 5.56 Å². The molecule has 0 aliphatic carbocycles. The van der Waals surface area contributed by atoms with Gasteiger partial charge in [-0.25, -0.2) is 4.98 Å². The van der Waals surface area contributed by atoms with Gasteiger partial charge < -0.3 is 9.47 Å². The molecular formula is C19H15BrClN3O4. The zero-order chi connectivity index (χ0) is 20.4. The summed E-state index contributed by atoms with van der Waals surface area (Å²) in [5.41, 5.74) is 0.848. The van der Waals surface area contributed by atoms with E-state index < -0.39 is 5.97 Å². The molecule has 0 fully saturated rings. The van der Waals surface area contributed by atoms with Crippen LogP contribution < -0.4 is 15.0 Å². The Bertz CT molecular complexity index is 1170. The van der Waals surface area contributed by atoms with Gasteiger partial charge in [-0.15, -0.1) is 0 Å².